The standard InChI is InChI=1S/C14H20N2O3/c1-11-9-12(5-6-13(11)16(18)19)15(2)10-14(17)7-3-4-8-14/h5-6,9,17H,3-4,7-8,10H2,1-2H3. The number of hydrogen-bond acceptors (Lipinski definition) is 4. The Labute approximate surface area is 113 Å². The van der Waals surface area contributed by atoms with Crippen molar-refractivity contribution >= 4 is 11.4 Å². The first-order valence-corrected chi connectivity index (χ1v) is 6.60. The molecule has 0 radical (unpaired) electrons. The lowest BCUT2D eigenvalue weighted by atomic mass is 10.0. The minimum Gasteiger partial charge on any atom is -0.388 e. The second-order valence-electron chi connectivity index (χ2n) is 5.52. The van der Waals surface area contributed by atoms with Crippen molar-refractivity contribution in [2.24, 2.45) is 0 Å². The van der Waals surface area contributed by atoms with Crippen LogP contribution in [0.15, 0.2) is 18.2 Å². The van der Waals surface area contributed by atoms with E-state index in [2.05, 4.69) is 0 Å². The summed E-state index contributed by atoms with van der Waals surface area (Å²) < 4.78 is 0. The summed E-state index contributed by atoms with van der Waals surface area (Å²) in [7, 11) is 1.91. The first-order valence-electron chi connectivity index (χ1n) is 6.60. The van der Waals surface area contributed by atoms with Gasteiger partial charge in [0.15, 0.2) is 0 Å². The molecular formula is C14H20N2O3. The SMILES string of the molecule is Cc1cc(N(C)CC2(O)CCCC2)ccc1[N+](=O)[O-]. The van der Waals surface area contributed by atoms with Gasteiger partial charge >= 0.3 is 0 Å². The summed E-state index contributed by atoms with van der Waals surface area (Å²) in [5.74, 6) is 0. The lowest BCUT2D eigenvalue weighted by Gasteiger charge is -2.30. The van der Waals surface area contributed by atoms with Crippen LogP contribution in [0.3, 0.4) is 0 Å². The highest BCUT2D eigenvalue weighted by atomic mass is 16.6. The van der Waals surface area contributed by atoms with Gasteiger partial charge in [-0.3, -0.25) is 10.1 Å². The van der Waals surface area contributed by atoms with Crippen LogP contribution >= 0.6 is 0 Å². The second kappa shape index (κ2) is 5.17. The van der Waals surface area contributed by atoms with Gasteiger partial charge in [0.2, 0.25) is 0 Å². The number of aryl methyl sites for hydroxylation is 1. The van der Waals surface area contributed by atoms with E-state index in [0.717, 1.165) is 31.4 Å². The van der Waals surface area contributed by atoms with E-state index in [1.807, 2.05) is 11.9 Å². The lowest BCUT2D eigenvalue weighted by Crippen LogP contribution is -2.39. The Hall–Kier alpha value is -1.62. The third kappa shape index (κ3) is 3.04. The minimum absolute atomic E-state index is 0.136. The van der Waals surface area contributed by atoms with Gasteiger partial charge in [0.05, 0.1) is 10.5 Å². The van der Waals surface area contributed by atoms with Crippen LogP contribution < -0.4 is 4.90 Å². The molecule has 1 aromatic carbocycles. The first kappa shape index (κ1) is 13.8. The number of nitrogens with zero attached hydrogens (tertiary/aromatic N) is 2. The van der Waals surface area contributed by atoms with Crippen molar-refractivity contribution in [1.82, 2.24) is 0 Å². The zero-order valence-electron chi connectivity index (χ0n) is 11.4. The molecule has 1 aliphatic rings. The molecular weight excluding hydrogens is 244 g/mol. The molecule has 1 N–H and O–H groups in total. The molecule has 0 atom stereocenters. The van der Waals surface area contributed by atoms with E-state index in [0.29, 0.717) is 12.1 Å². The third-order valence-corrected chi connectivity index (χ3v) is 3.88. The monoisotopic (exact) mass is 264 g/mol. The molecule has 1 aromatic rings. The van der Waals surface area contributed by atoms with Gasteiger partial charge in [-0.05, 0) is 31.9 Å². The normalized spacial score (nSPS) is 17.4. The van der Waals surface area contributed by atoms with E-state index in [-0.39, 0.29) is 10.6 Å². The van der Waals surface area contributed by atoms with Crippen molar-refractivity contribution < 1.29 is 10.0 Å². The summed E-state index contributed by atoms with van der Waals surface area (Å²) in [5, 5.41) is 21.2. The third-order valence-electron chi connectivity index (χ3n) is 3.88. The summed E-state index contributed by atoms with van der Waals surface area (Å²) in [6, 6.07) is 5.07. The van der Waals surface area contributed by atoms with Crippen molar-refractivity contribution in [3.63, 3.8) is 0 Å². The lowest BCUT2D eigenvalue weighted by molar-refractivity contribution is -0.385. The molecule has 0 bridgehead atoms. The van der Waals surface area contributed by atoms with Crippen LogP contribution in [0.25, 0.3) is 0 Å². The van der Waals surface area contributed by atoms with Gasteiger partial charge in [-0.15, -0.1) is 0 Å². The largest absolute Gasteiger partial charge is 0.388 e. The summed E-state index contributed by atoms with van der Waals surface area (Å²) in [4.78, 5) is 12.4. The molecule has 5 nitrogen and oxygen atoms in total. The summed E-state index contributed by atoms with van der Waals surface area (Å²) in [6.07, 6.45) is 3.82. The van der Waals surface area contributed by atoms with Crippen LogP contribution in [0.1, 0.15) is 31.2 Å². The maximum Gasteiger partial charge on any atom is 0.272 e. The highest BCUT2D eigenvalue weighted by molar-refractivity contribution is 5.55. The molecule has 1 fully saturated rings. The maximum atomic E-state index is 10.8. The Balaban J connectivity index is 2.13. The Kier molecular flexibility index (Phi) is 3.75. The number of anilines is 1. The summed E-state index contributed by atoms with van der Waals surface area (Å²) in [6.45, 7) is 2.31. The number of rotatable bonds is 4. The predicted molar refractivity (Wildman–Crippen MR) is 74.5 cm³/mol. The van der Waals surface area contributed by atoms with Gasteiger partial charge in [-0.2, -0.15) is 0 Å². The number of nitro groups is 1. The molecule has 19 heavy (non-hydrogen) atoms. The Morgan fingerprint density at radius 3 is 2.58 bits per heavy atom. The molecule has 2 rings (SSSR count). The van der Waals surface area contributed by atoms with E-state index in [1.165, 1.54) is 6.07 Å². The number of hydrogen-bond donors (Lipinski definition) is 1. The van der Waals surface area contributed by atoms with Gasteiger partial charge in [-0.1, -0.05) is 12.8 Å². The fourth-order valence-corrected chi connectivity index (χ4v) is 2.81. The van der Waals surface area contributed by atoms with Crippen LogP contribution in [0.2, 0.25) is 0 Å². The molecule has 0 saturated heterocycles. The van der Waals surface area contributed by atoms with Crippen molar-refractivity contribution in [2.45, 2.75) is 38.2 Å². The van der Waals surface area contributed by atoms with E-state index in [1.54, 1.807) is 19.1 Å². The van der Waals surface area contributed by atoms with Crippen LogP contribution in [-0.2, 0) is 0 Å². The average Bonchev–Trinajstić information content (AvgIpc) is 2.75. The Bertz CT molecular complexity index is 482. The van der Waals surface area contributed by atoms with E-state index < -0.39 is 5.60 Å². The van der Waals surface area contributed by atoms with Crippen molar-refractivity contribution in [1.29, 1.82) is 0 Å². The fraction of sp³-hybridized carbons (Fsp3) is 0.571. The molecule has 1 aliphatic carbocycles. The molecule has 0 amide bonds. The molecule has 104 valence electrons. The van der Waals surface area contributed by atoms with Gasteiger partial charge < -0.3 is 10.0 Å². The molecule has 0 heterocycles. The zero-order valence-corrected chi connectivity index (χ0v) is 11.4. The fourth-order valence-electron chi connectivity index (χ4n) is 2.81. The second-order valence-corrected chi connectivity index (χ2v) is 5.52. The maximum absolute atomic E-state index is 10.8. The molecule has 0 spiro atoms. The van der Waals surface area contributed by atoms with Crippen LogP contribution in [0, 0.1) is 17.0 Å². The van der Waals surface area contributed by atoms with Gasteiger partial charge in [0.1, 0.15) is 0 Å². The molecule has 0 unspecified atom stereocenters. The Morgan fingerprint density at radius 1 is 1.42 bits per heavy atom. The predicted octanol–water partition coefficient (Wildman–Crippen LogP) is 2.64. The molecule has 5 heteroatoms. The van der Waals surface area contributed by atoms with Crippen LogP contribution in [-0.4, -0.2) is 29.2 Å². The highest BCUT2D eigenvalue weighted by Crippen LogP contribution is 2.32. The summed E-state index contributed by atoms with van der Waals surface area (Å²) >= 11 is 0. The zero-order chi connectivity index (χ0) is 14.0. The van der Waals surface area contributed by atoms with E-state index >= 15 is 0 Å². The smallest absolute Gasteiger partial charge is 0.272 e. The summed E-state index contributed by atoms with van der Waals surface area (Å²) in [5.41, 5.74) is 1.08. The number of nitro benzene ring substituents is 1. The molecule has 0 aromatic heterocycles. The van der Waals surface area contributed by atoms with Crippen molar-refractivity contribution in [2.75, 3.05) is 18.5 Å². The van der Waals surface area contributed by atoms with Gasteiger partial charge in [-0.25, -0.2) is 0 Å². The average molecular weight is 264 g/mol. The quantitative estimate of drug-likeness (QED) is 0.670. The Morgan fingerprint density at radius 2 is 2.05 bits per heavy atom. The highest BCUT2D eigenvalue weighted by Gasteiger charge is 2.32. The van der Waals surface area contributed by atoms with E-state index in [4.69, 9.17) is 0 Å². The topological polar surface area (TPSA) is 66.6 Å². The number of benzene rings is 1. The minimum atomic E-state index is -0.607. The number of likely N-dealkylation sites (N-methyl/N-ethyl adjacent to an activating group) is 1. The van der Waals surface area contributed by atoms with Crippen LogP contribution in [0.5, 0.6) is 0 Å². The van der Waals surface area contributed by atoms with Crippen molar-refractivity contribution in [3.05, 3.63) is 33.9 Å². The van der Waals surface area contributed by atoms with E-state index in [9.17, 15) is 15.2 Å². The van der Waals surface area contributed by atoms with Crippen molar-refractivity contribution in [3.8, 4) is 0 Å². The molecule has 1 saturated carbocycles. The van der Waals surface area contributed by atoms with Gasteiger partial charge in [0.25, 0.3) is 5.69 Å². The van der Waals surface area contributed by atoms with Gasteiger partial charge in [0, 0.05) is 30.9 Å². The molecule has 0 aliphatic heterocycles. The first-order chi connectivity index (χ1) is 8.91. The number of aliphatic hydroxyl groups is 1. The van der Waals surface area contributed by atoms with Crippen LogP contribution in [0.4, 0.5) is 11.4 Å².